The molecule has 19 heteroatoms. The zero-order valence-corrected chi connectivity index (χ0v) is 27.5. The molecule has 3 fully saturated rings. The van der Waals surface area contributed by atoms with Crippen LogP contribution < -0.4 is 20.9 Å². The molecule has 0 bridgehead atoms. The number of imide groups is 1. The summed E-state index contributed by atoms with van der Waals surface area (Å²) in [6.07, 6.45) is -9.61. The first-order valence-corrected chi connectivity index (χ1v) is 15.6. The maximum Gasteiger partial charge on any atom is 0.490 e. The molecule has 2 aromatic rings. The fourth-order valence-corrected chi connectivity index (χ4v) is 5.86. The number of carbonyl (C=O) groups is 5. The number of aliphatic carboxylic acids is 1. The minimum absolute atomic E-state index is 0.0769. The van der Waals surface area contributed by atoms with Crippen LogP contribution in [0.5, 0.6) is 0 Å². The third-order valence-electron chi connectivity index (χ3n) is 8.79. The van der Waals surface area contributed by atoms with Crippen molar-refractivity contribution in [3.8, 4) is 0 Å². The van der Waals surface area contributed by atoms with Gasteiger partial charge in [0.25, 0.3) is 11.8 Å². The normalized spacial score (nSPS) is 18.3. The van der Waals surface area contributed by atoms with E-state index in [1.165, 1.54) is 16.8 Å². The number of nitrogens with zero attached hydrogens (tertiary/aromatic N) is 3. The number of likely N-dealkylation sites (tertiary alicyclic amines) is 1. The van der Waals surface area contributed by atoms with E-state index in [2.05, 4.69) is 16.0 Å². The molecule has 4 N–H and O–H groups in total. The highest BCUT2D eigenvalue weighted by atomic mass is 19.4. The largest absolute Gasteiger partial charge is 0.490 e. The summed E-state index contributed by atoms with van der Waals surface area (Å²) in [6, 6.07) is 7.42. The number of alkyl halides is 6. The van der Waals surface area contributed by atoms with Gasteiger partial charge in [0.15, 0.2) is 0 Å². The summed E-state index contributed by atoms with van der Waals surface area (Å²) >= 11 is 0. The van der Waals surface area contributed by atoms with Crippen molar-refractivity contribution in [1.29, 1.82) is 0 Å². The maximum absolute atomic E-state index is 14.4. The van der Waals surface area contributed by atoms with Gasteiger partial charge in [-0.1, -0.05) is 13.8 Å². The summed E-state index contributed by atoms with van der Waals surface area (Å²) in [5.74, 6) is -6.45. The number of amides is 5. The van der Waals surface area contributed by atoms with Crippen LogP contribution in [0, 0.1) is 11.7 Å². The van der Waals surface area contributed by atoms with Crippen molar-refractivity contribution in [3.05, 3.63) is 59.4 Å². The molecule has 51 heavy (non-hydrogen) atoms. The molecule has 12 nitrogen and oxygen atoms in total. The number of carbonyl (C=O) groups excluding carboxylic acids is 4. The lowest BCUT2D eigenvalue weighted by Crippen LogP contribution is -2.60. The number of carboxylic acids is 1. The molecule has 3 heterocycles. The number of benzene rings is 2. The third-order valence-corrected chi connectivity index (χ3v) is 8.79. The van der Waals surface area contributed by atoms with E-state index >= 15 is 0 Å². The van der Waals surface area contributed by atoms with Crippen LogP contribution in [0.2, 0.25) is 0 Å². The van der Waals surface area contributed by atoms with E-state index in [9.17, 15) is 49.9 Å². The summed E-state index contributed by atoms with van der Waals surface area (Å²) in [4.78, 5) is 66.1. The Balaban J connectivity index is 0.000000755. The van der Waals surface area contributed by atoms with Gasteiger partial charge in [-0.2, -0.15) is 26.3 Å². The molecule has 2 aromatic carbocycles. The van der Waals surface area contributed by atoms with Crippen molar-refractivity contribution in [1.82, 2.24) is 20.4 Å². The lowest BCUT2D eigenvalue weighted by Gasteiger charge is -2.43. The lowest BCUT2D eigenvalue weighted by atomic mass is 9.85. The Morgan fingerprint density at radius 1 is 0.961 bits per heavy atom. The van der Waals surface area contributed by atoms with Crippen molar-refractivity contribution in [2.75, 3.05) is 43.4 Å². The predicted octanol–water partition coefficient (Wildman–Crippen LogP) is 4.08. The average Bonchev–Trinajstić information content (AvgIpc) is 3.21. The Bertz CT molecular complexity index is 1660. The van der Waals surface area contributed by atoms with E-state index in [0.29, 0.717) is 29.9 Å². The lowest BCUT2D eigenvalue weighted by molar-refractivity contribution is -0.192. The van der Waals surface area contributed by atoms with Gasteiger partial charge in [-0.3, -0.25) is 24.2 Å². The molecule has 0 radical (unpaired) electrons. The second-order valence-corrected chi connectivity index (χ2v) is 12.6. The number of urea groups is 1. The monoisotopic (exact) mass is 732 g/mol. The zero-order chi connectivity index (χ0) is 38.1. The van der Waals surface area contributed by atoms with Crippen LogP contribution in [0.3, 0.4) is 0 Å². The van der Waals surface area contributed by atoms with E-state index in [4.69, 9.17) is 9.90 Å². The number of hydrogen-bond donors (Lipinski definition) is 4. The molecule has 5 rings (SSSR count). The molecule has 0 aliphatic carbocycles. The molecule has 0 saturated carbocycles. The fraction of sp³-hybridized carbons (Fsp3) is 0.469. The molecular formula is C32H35F7N6O6. The smallest absolute Gasteiger partial charge is 0.475 e. The Labute approximate surface area is 286 Å². The SMILES string of the molecule is CC(C)[C@@H](NC(=O)c1cc(C(F)(F)F)ccc1F)C(=O)N1CCC2(CC1)C(=O)N(C)C(=O)N2c1ccc(NC2CNC2)cc1.O=C(O)C(F)(F)F. The topological polar surface area (TPSA) is 151 Å². The number of anilines is 2. The number of hydrogen-bond acceptors (Lipinski definition) is 7. The fourth-order valence-electron chi connectivity index (χ4n) is 5.86. The highest BCUT2D eigenvalue weighted by Gasteiger charge is 2.58. The third kappa shape index (κ3) is 8.34. The van der Waals surface area contributed by atoms with E-state index in [-0.39, 0.29) is 31.8 Å². The van der Waals surface area contributed by atoms with Crippen molar-refractivity contribution >= 4 is 41.1 Å². The predicted molar refractivity (Wildman–Crippen MR) is 167 cm³/mol. The van der Waals surface area contributed by atoms with Crippen LogP contribution in [0.15, 0.2) is 42.5 Å². The van der Waals surface area contributed by atoms with Crippen LogP contribution in [0.4, 0.5) is 46.9 Å². The van der Waals surface area contributed by atoms with Gasteiger partial charge in [-0.25, -0.2) is 14.0 Å². The first-order chi connectivity index (χ1) is 23.7. The van der Waals surface area contributed by atoms with Gasteiger partial charge in [0.05, 0.1) is 17.2 Å². The molecule has 3 saturated heterocycles. The molecule has 1 atom stereocenters. The number of nitrogens with one attached hydrogen (secondary N) is 3. The first kappa shape index (κ1) is 38.9. The summed E-state index contributed by atoms with van der Waals surface area (Å²) < 4.78 is 85.6. The highest BCUT2D eigenvalue weighted by molar-refractivity contribution is 6.16. The van der Waals surface area contributed by atoms with E-state index in [0.717, 1.165) is 23.7 Å². The quantitative estimate of drug-likeness (QED) is 0.246. The van der Waals surface area contributed by atoms with Crippen LogP contribution in [-0.4, -0.2) is 102 Å². The van der Waals surface area contributed by atoms with Gasteiger partial charge in [-0.05, 0) is 61.2 Å². The van der Waals surface area contributed by atoms with Crippen LogP contribution >= 0.6 is 0 Å². The number of rotatable bonds is 7. The summed E-state index contributed by atoms with van der Waals surface area (Å²) in [7, 11) is 1.42. The second kappa shape index (κ2) is 14.7. The Morgan fingerprint density at radius 2 is 1.53 bits per heavy atom. The van der Waals surface area contributed by atoms with Crippen molar-refractivity contribution in [2.24, 2.45) is 5.92 Å². The highest BCUT2D eigenvalue weighted by Crippen LogP contribution is 2.41. The van der Waals surface area contributed by atoms with Gasteiger partial charge in [0.1, 0.15) is 17.4 Å². The maximum atomic E-state index is 14.4. The Morgan fingerprint density at radius 3 is 2.00 bits per heavy atom. The molecule has 5 amide bonds. The zero-order valence-electron chi connectivity index (χ0n) is 27.5. The first-order valence-electron chi connectivity index (χ1n) is 15.6. The van der Waals surface area contributed by atoms with Gasteiger partial charge >= 0.3 is 24.4 Å². The van der Waals surface area contributed by atoms with Gasteiger partial charge in [0.2, 0.25) is 5.91 Å². The van der Waals surface area contributed by atoms with E-state index in [1.54, 1.807) is 26.0 Å². The summed E-state index contributed by atoms with van der Waals surface area (Å²) in [5, 5.41) is 16.1. The van der Waals surface area contributed by atoms with Crippen LogP contribution in [-0.2, 0) is 20.6 Å². The minimum atomic E-state index is -5.08. The van der Waals surface area contributed by atoms with Crippen molar-refractivity contribution < 1.29 is 59.8 Å². The Kier molecular flexibility index (Phi) is 11.2. The van der Waals surface area contributed by atoms with E-state index < -0.39 is 70.6 Å². The number of likely N-dealkylation sites (N-methyl/N-ethyl adjacent to an activating group) is 1. The average molecular weight is 733 g/mol. The number of carboxylic acid groups (broad SMARTS) is 1. The number of halogens is 7. The second-order valence-electron chi connectivity index (χ2n) is 12.6. The molecule has 0 unspecified atom stereocenters. The minimum Gasteiger partial charge on any atom is -0.475 e. The van der Waals surface area contributed by atoms with Crippen LogP contribution in [0.1, 0.15) is 42.6 Å². The van der Waals surface area contributed by atoms with Crippen molar-refractivity contribution in [3.63, 3.8) is 0 Å². The van der Waals surface area contributed by atoms with Gasteiger partial charge in [-0.15, -0.1) is 0 Å². The Hall–Kier alpha value is -4.94. The van der Waals surface area contributed by atoms with Crippen molar-refractivity contribution in [2.45, 2.75) is 56.7 Å². The van der Waals surface area contributed by atoms with Gasteiger partial charge < -0.3 is 26.0 Å². The summed E-state index contributed by atoms with van der Waals surface area (Å²) in [6.45, 7) is 5.15. The molecule has 0 aromatic heterocycles. The molecule has 3 aliphatic heterocycles. The number of piperidine rings is 1. The molecule has 1 spiro atoms. The standard InChI is InChI=1S/C30H34F4N6O4.C2HF3O2/c1-17(2)24(37-25(41)22-14-18(30(32,33)34)4-9-23(22)31)26(42)39-12-10-29(11-13-39)27(43)38(3)28(44)40(29)21-7-5-19(6-8-21)36-20-15-35-16-20;3-2(4,5)1(6)7/h4-9,14,17,20,24,35-36H,10-13,15-16H2,1-3H3,(H,37,41);(H,6,7)/t24-;/m1./s1. The molecule has 3 aliphatic rings. The summed E-state index contributed by atoms with van der Waals surface area (Å²) in [5.41, 5.74) is -1.81. The van der Waals surface area contributed by atoms with Gasteiger partial charge in [0, 0.05) is 44.6 Å². The molecule has 278 valence electrons. The molecular weight excluding hydrogens is 697 g/mol. The van der Waals surface area contributed by atoms with Crippen LogP contribution in [0.25, 0.3) is 0 Å². The van der Waals surface area contributed by atoms with E-state index in [1.807, 2.05) is 12.1 Å².